The number of H-pyrrole nitrogens is 1. The summed E-state index contributed by atoms with van der Waals surface area (Å²) in [6.45, 7) is 4.46. The van der Waals surface area contributed by atoms with Crippen LogP contribution < -0.4 is 0 Å². The smallest absolute Gasteiger partial charge is 0.0996 e. The minimum atomic E-state index is 0.111. The minimum absolute atomic E-state index is 0.111. The Morgan fingerprint density at radius 3 is 3.08 bits per heavy atom. The summed E-state index contributed by atoms with van der Waals surface area (Å²) in [5.41, 5.74) is 5.22. The zero-order valence-electron chi connectivity index (χ0n) is 14.0. The largest absolute Gasteiger partial charge is 0.498 e. The zero-order valence-corrected chi connectivity index (χ0v) is 14.0. The number of nitrogens with zero attached hydrogens (tertiary/aromatic N) is 1. The van der Waals surface area contributed by atoms with Gasteiger partial charge in [-0.15, -0.1) is 0 Å². The molecule has 1 aromatic heterocycles. The van der Waals surface area contributed by atoms with Crippen LogP contribution in [-0.4, -0.2) is 40.8 Å². The maximum absolute atomic E-state index is 9.75. The van der Waals surface area contributed by atoms with Crippen molar-refractivity contribution in [2.75, 3.05) is 19.7 Å². The maximum atomic E-state index is 9.75. The molecule has 4 heteroatoms. The van der Waals surface area contributed by atoms with Crippen molar-refractivity contribution in [3.8, 4) is 0 Å². The number of benzene rings is 1. The van der Waals surface area contributed by atoms with Crippen molar-refractivity contribution in [1.29, 1.82) is 0 Å². The highest BCUT2D eigenvalue weighted by Crippen LogP contribution is 2.47. The Kier molecular flexibility index (Phi) is 3.25. The van der Waals surface area contributed by atoms with Gasteiger partial charge in [-0.3, -0.25) is 4.90 Å². The van der Waals surface area contributed by atoms with Gasteiger partial charge in [-0.2, -0.15) is 0 Å². The van der Waals surface area contributed by atoms with Gasteiger partial charge in [-0.1, -0.05) is 18.2 Å². The third-order valence-corrected chi connectivity index (χ3v) is 6.40. The van der Waals surface area contributed by atoms with Crippen LogP contribution in [0.5, 0.6) is 0 Å². The molecule has 0 saturated carbocycles. The quantitative estimate of drug-likeness (QED) is 0.848. The van der Waals surface area contributed by atoms with Gasteiger partial charge in [0.05, 0.1) is 25.0 Å². The number of rotatable bonds is 1. The van der Waals surface area contributed by atoms with Crippen molar-refractivity contribution >= 4 is 10.9 Å². The summed E-state index contributed by atoms with van der Waals surface area (Å²) < 4.78 is 5.79. The summed E-state index contributed by atoms with van der Waals surface area (Å²) in [6.07, 6.45) is 4.24. The highest BCUT2D eigenvalue weighted by atomic mass is 16.5. The lowest BCUT2D eigenvalue weighted by molar-refractivity contribution is -0.0268. The topological polar surface area (TPSA) is 48.5 Å². The summed E-state index contributed by atoms with van der Waals surface area (Å²) in [4.78, 5) is 6.32. The van der Waals surface area contributed by atoms with Crippen LogP contribution in [0, 0.1) is 11.8 Å². The number of nitrogens with one attached hydrogen (secondary N) is 1. The molecule has 0 spiro atoms. The molecular weight excluding hydrogens is 300 g/mol. The van der Waals surface area contributed by atoms with Gasteiger partial charge in [0.25, 0.3) is 0 Å². The Bertz CT molecular complexity index is 809. The van der Waals surface area contributed by atoms with Gasteiger partial charge in [-0.25, -0.2) is 0 Å². The number of hydrogen-bond acceptors (Lipinski definition) is 3. The van der Waals surface area contributed by atoms with Crippen molar-refractivity contribution < 1.29 is 9.84 Å². The van der Waals surface area contributed by atoms with E-state index in [2.05, 4.69) is 41.1 Å². The Balaban J connectivity index is 1.56. The first-order valence-electron chi connectivity index (χ1n) is 9.05. The molecule has 2 aromatic rings. The average Bonchev–Trinajstić information content (AvgIpc) is 3.00. The number of aliphatic hydroxyl groups excluding tert-OH is 1. The summed E-state index contributed by atoms with van der Waals surface area (Å²) in [5, 5.41) is 11.1. The Morgan fingerprint density at radius 2 is 2.21 bits per heavy atom. The van der Waals surface area contributed by atoms with E-state index in [1.54, 1.807) is 0 Å². The van der Waals surface area contributed by atoms with Gasteiger partial charge < -0.3 is 14.8 Å². The molecule has 5 rings (SSSR count). The molecular formula is C20H24N2O2. The molecule has 1 aromatic carbocycles. The molecule has 0 radical (unpaired) electrons. The summed E-state index contributed by atoms with van der Waals surface area (Å²) in [6, 6.07) is 9.08. The SMILES string of the molecule is CC1OC=C(CO)C2CC3c4[nH]c5ccccc5c4CCN3CC12. The first kappa shape index (κ1) is 14.6. The molecule has 1 saturated heterocycles. The summed E-state index contributed by atoms with van der Waals surface area (Å²) >= 11 is 0. The third-order valence-electron chi connectivity index (χ3n) is 6.40. The van der Waals surface area contributed by atoms with Crippen molar-refractivity contribution in [3.05, 3.63) is 47.4 Å². The number of para-hydroxylation sites is 1. The van der Waals surface area contributed by atoms with Gasteiger partial charge in [0.1, 0.15) is 0 Å². The Hall–Kier alpha value is -1.78. The van der Waals surface area contributed by atoms with E-state index in [1.807, 2.05) is 6.26 Å². The van der Waals surface area contributed by atoms with Crippen LogP contribution in [-0.2, 0) is 11.2 Å². The summed E-state index contributed by atoms with van der Waals surface area (Å²) in [5.74, 6) is 0.914. The van der Waals surface area contributed by atoms with Crippen LogP contribution in [0.15, 0.2) is 36.1 Å². The molecule has 0 bridgehead atoms. The fraction of sp³-hybridized carbons (Fsp3) is 0.500. The number of ether oxygens (including phenoxy) is 1. The molecule has 3 aliphatic rings. The molecule has 1 fully saturated rings. The average molecular weight is 324 g/mol. The van der Waals surface area contributed by atoms with E-state index >= 15 is 0 Å². The van der Waals surface area contributed by atoms with Crippen LogP contribution in [0.3, 0.4) is 0 Å². The van der Waals surface area contributed by atoms with Crippen molar-refractivity contribution in [1.82, 2.24) is 9.88 Å². The number of aromatic nitrogens is 1. The van der Waals surface area contributed by atoms with Gasteiger partial charge >= 0.3 is 0 Å². The van der Waals surface area contributed by atoms with Crippen LogP contribution in [0.4, 0.5) is 0 Å². The molecule has 4 atom stereocenters. The van der Waals surface area contributed by atoms with Crippen molar-refractivity contribution in [2.45, 2.75) is 31.9 Å². The number of aliphatic hydroxyl groups is 1. The fourth-order valence-electron chi connectivity index (χ4n) is 5.11. The maximum Gasteiger partial charge on any atom is 0.0996 e. The molecule has 0 aliphatic carbocycles. The van der Waals surface area contributed by atoms with Crippen LogP contribution >= 0.6 is 0 Å². The van der Waals surface area contributed by atoms with Crippen molar-refractivity contribution in [3.63, 3.8) is 0 Å². The number of hydrogen-bond donors (Lipinski definition) is 2. The molecule has 4 unspecified atom stereocenters. The normalized spacial score (nSPS) is 32.5. The second-order valence-corrected chi connectivity index (χ2v) is 7.52. The fourth-order valence-corrected chi connectivity index (χ4v) is 5.11. The molecule has 4 heterocycles. The van der Waals surface area contributed by atoms with Gasteiger partial charge in [-0.05, 0) is 42.9 Å². The molecule has 0 amide bonds. The van der Waals surface area contributed by atoms with Crippen LogP contribution in [0.25, 0.3) is 10.9 Å². The summed E-state index contributed by atoms with van der Waals surface area (Å²) in [7, 11) is 0. The second-order valence-electron chi connectivity index (χ2n) is 7.52. The molecule has 2 N–H and O–H groups in total. The van der Waals surface area contributed by atoms with Gasteiger partial charge in [0.15, 0.2) is 0 Å². The van der Waals surface area contributed by atoms with Gasteiger partial charge in [0.2, 0.25) is 0 Å². The van der Waals surface area contributed by atoms with E-state index in [0.29, 0.717) is 17.9 Å². The zero-order chi connectivity index (χ0) is 16.3. The standard InChI is InChI=1S/C20H24N2O2/c1-12-17-9-22-7-6-15-14-4-2-3-5-18(14)21-20(15)19(22)8-16(17)13(10-23)11-24-12/h2-5,11-12,16-17,19,21,23H,6-10H2,1H3. The van der Waals surface area contributed by atoms with E-state index in [1.165, 1.54) is 22.2 Å². The molecule has 24 heavy (non-hydrogen) atoms. The lowest BCUT2D eigenvalue weighted by Gasteiger charge is -2.49. The van der Waals surface area contributed by atoms with Crippen LogP contribution in [0.1, 0.15) is 30.6 Å². The van der Waals surface area contributed by atoms with E-state index in [4.69, 9.17) is 4.74 Å². The number of piperidine rings is 1. The second kappa shape index (κ2) is 5.36. The van der Waals surface area contributed by atoms with Crippen molar-refractivity contribution in [2.24, 2.45) is 11.8 Å². The molecule has 3 aliphatic heterocycles. The highest BCUT2D eigenvalue weighted by Gasteiger charge is 2.44. The number of aromatic amines is 1. The Morgan fingerprint density at radius 1 is 1.33 bits per heavy atom. The van der Waals surface area contributed by atoms with Gasteiger partial charge in [0, 0.05) is 35.6 Å². The highest BCUT2D eigenvalue weighted by molar-refractivity contribution is 5.85. The van der Waals surface area contributed by atoms with E-state index in [-0.39, 0.29) is 12.7 Å². The monoisotopic (exact) mass is 324 g/mol. The molecule has 126 valence electrons. The van der Waals surface area contributed by atoms with E-state index in [9.17, 15) is 5.11 Å². The van der Waals surface area contributed by atoms with Crippen LogP contribution in [0.2, 0.25) is 0 Å². The third kappa shape index (κ3) is 1.99. The van der Waals surface area contributed by atoms with E-state index < -0.39 is 0 Å². The predicted octanol–water partition coefficient (Wildman–Crippen LogP) is 3.00. The molecule has 4 nitrogen and oxygen atoms in total. The Labute approximate surface area is 142 Å². The minimum Gasteiger partial charge on any atom is -0.498 e. The number of fused-ring (bicyclic) bond motifs is 6. The first-order chi connectivity index (χ1) is 11.8. The van der Waals surface area contributed by atoms with E-state index in [0.717, 1.165) is 31.5 Å². The lowest BCUT2D eigenvalue weighted by atomic mass is 9.72. The first-order valence-corrected chi connectivity index (χ1v) is 9.05. The predicted molar refractivity (Wildman–Crippen MR) is 93.6 cm³/mol. The lowest BCUT2D eigenvalue weighted by Crippen LogP contribution is -2.51.